The van der Waals surface area contributed by atoms with E-state index in [0.29, 0.717) is 23.4 Å². The van der Waals surface area contributed by atoms with Crippen molar-refractivity contribution in [3.63, 3.8) is 0 Å². The van der Waals surface area contributed by atoms with Crippen LogP contribution in [0.15, 0.2) is 47.4 Å². The average molecular weight is 500 g/mol. The molecule has 2 N–H and O–H groups in total. The normalized spacial score (nSPS) is 21.8. The second kappa shape index (κ2) is 10.3. The van der Waals surface area contributed by atoms with Gasteiger partial charge in [-0.3, -0.25) is 4.79 Å². The second-order valence-electron chi connectivity index (χ2n) is 10.1. The van der Waals surface area contributed by atoms with Crippen LogP contribution >= 0.6 is 0 Å². The van der Waals surface area contributed by atoms with Crippen LogP contribution < -0.4 is 14.8 Å². The summed E-state index contributed by atoms with van der Waals surface area (Å²) in [7, 11) is -3.78. The minimum absolute atomic E-state index is 0.166. The van der Waals surface area contributed by atoms with Crippen molar-refractivity contribution in [2.45, 2.75) is 63.5 Å². The molecule has 7 nitrogen and oxygen atoms in total. The number of benzene rings is 2. The lowest BCUT2D eigenvalue weighted by atomic mass is 9.80. The Morgan fingerprint density at radius 3 is 2.46 bits per heavy atom. The van der Waals surface area contributed by atoms with Gasteiger partial charge in [-0.25, -0.2) is 13.1 Å². The minimum Gasteiger partial charge on any atom is -0.487 e. The molecular weight excluding hydrogens is 462 g/mol. The van der Waals surface area contributed by atoms with Gasteiger partial charge in [0.05, 0.1) is 10.9 Å². The molecule has 2 aliphatic heterocycles. The molecule has 0 bridgehead atoms. The van der Waals surface area contributed by atoms with E-state index in [-0.39, 0.29) is 16.7 Å². The zero-order valence-corrected chi connectivity index (χ0v) is 22.0. The van der Waals surface area contributed by atoms with Gasteiger partial charge in [-0.1, -0.05) is 26.0 Å². The van der Waals surface area contributed by atoms with Gasteiger partial charge in [0, 0.05) is 30.1 Å². The Morgan fingerprint density at radius 2 is 1.80 bits per heavy atom. The van der Waals surface area contributed by atoms with Crippen molar-refractivity contribution in [1.29, 1.82) is 0 Å². The Hall–Kier alpha value is -2.42. The van der Waals surface area contributed by atoms with E-state index in [0.717, 1.165) is 31.6 Å². The Labute approximate surface area is 209 Å². The van der Waals surface area contributed by atoms with Gasteiger partial charge < -0.3 is 15.0 Å². The number of fused-ring (bicyclic) bond motifs is 1. The fourth-order valence-electron chi connectivity index (χ4n) is 4.81. The van der Waals surface area contributed by atoms with Crippen molar-refractivity contribution in [2.75, 3.05) is 26.2 Å². The lowest BCUT2D eigenvalue weighted by Crippen LogP contribution is -2.48. The highest BCUT2D eigenvalue weighted by Gasteiger charge is 2.43. The number of carbonyl (C=O) groups is 1. The van der Waals surface area contributed by atoms with Crippen LogP contribution in [-0.2, 0) is 16.4 Å². The first-order valence-corrected chi connectivity index (χ1v) is 14.0. The van der Waals surface area contributed by atoms with E-state index >= 15 is 0 Å². The molecule has 0 unspecified atom stereocenters. The van der Waals surface area contributed by atoms with E-state index in [1.807, 2.05) is 39.8 Å². The highest BCUT2D eigenvalue weighted by atomic mass is 32.2. The van der Waals surface area contributed by atoms with Crippen molar-refractivity contribution in [3.05, 3.63) is 59.2 Å². The molecular formula is C27H37N3O4S. The molecule has 2 heterocycles. The summed E-state index contributed by atoms with van der Waals surface area (Å²) in [4.78, 5) is 15.5. The van der Waals surface area contributed by atoms with Crippen molar-refractivity contribution < 1.29 is 17.9 Å². The number of ether oxygens (including phenoxy) is 1. The number of hydrogen-bond acceptors (Lipinski definition) is 5. The Kier molecular flexibility index (Phi) is 7.54. The van der Waals surface area contributed by atoms with Gasteiger partial charge in [0.25, 0.3) is 5.91 Å². The number of nitrogens with zero attached hydrogens (tertiary/aromatic N) is 1. The monoisotopic (exact) mass is 499 g/mol. The van der Waals surface area contributed by atoms with E-state index in [4.69, 9.17) is 4.74 Å². The molecule has 8 heteroatoms. The van der Waals surface area contributed by atoms with E-state index in [1.165, 1.54) is 12.8 Å². The molecule has 1 saturated heterocycles. The number of carbonyl (C=O) groups excluding carboxylic acids is 1. The highest BCUT2D eigenvalue weighted by molar-refractivity contribution is 7.89. The Bertz CT molecular complexity index is 1160. The molecule has 0 spiro atoms. The molecule has 1 amide bonds. The molecule has 2 atom stereocenters. The number of likely N-dealkylation sites (tertiary alicyclic amines) is 1. The number of rotatable bonds is 8. The van der Waals surface area contributed by atoms with Crippen LogP contribution in [0.3, 0.4) is 0 Å². The molecule has 0 aliphatic carbocycles. The molecule has 0 aromatic heterocycles. The third kappa shape index (κ3) is 5.71. The van der Waals surface area contributed by atoms with Crippen LogP contribution in [0.25, 0.3) is 0 Å². The first kappa shape index (κ1) is 25.7. The summed E-state index contributed by atoms with van der Waals surface area (Å²) in [5.41, 5.74) is 1.66. The fraction of sp³-hybridized carbons (Fsp3) is 0.519. The van der Waals surface area contributed by atoms with Crippen LogP contribution in [0.1, 0.15) is 68.1 Å². The summed E-state index contributed by atoms with van der Waals surface area (Å²) >= 11 is 0. The summed E-state index contributed by atoms with van der Waals surface area (Å²) in [5, 5.41) is 3.00. The first-order chi connectivity index (χ1) is 16.6. The Morgan fingerprint density at radius 1 is 1.11 bits per heavy atom. The summed E-state index contributed by atoms with van der Waals surface area (Å²) in [5.74, 6) is 0.255. The smallest absolute Gasteiger partial charge is 0.251 e. The summed E-state index contributed by atoms with van der Waals surface area (Å²) < 4.78 is 35.8. The van der Waals surface area contributed by atoms with Crippen LogP contribution in [0.5, 0.6) is 5.75 Å². The van der Waals surface area contributed by atoms with E-state index in [9.17, 15) is 13.2 Å². The van der Waals surface area contributed by atoms with E-state index in [2.05, 4.69) is 14.9 Å². The van der Waals surface area contributed by atoms with E-state index < -0.39 is 21.7 Å². The van der Waals surface area contributed by atoms with Crippen LogP contribution in [0.2, 0.25) is 0 Å². The maximum absolute atomic E-state index is 13.3. The zero-order chi connectivity index (χ0) is 25.2. The third-order valence-electron chi connectivity index (χ3n) is 7.41. The van der Waals surface area contributed by atoms with E-state index in [1.54, 1.807) is 30.3 Å². The number of nitrogens with one attached hydrogen (secondary N) is 2. The fourth-order valence-corrected chi connectivity index (χ4v) is 6.11. The van der Waals surface area contributed by atoms with Crippen LogP contribution in [0, 0.1) is 5.92 Å². The topological polar surface area (TPSA) is 87.7 Å². The SMILES string of the molecule is CCc1ccc(S(=O)(=O)N[C@@H]2c3cc(C(=O)NCCN4CCCC4)ccc3OC(C)(C)[C@H]2C)cc1. The average Bonchev–Trinajstić information content (AvgIpc) is 3.35. The van der Waals surface area contributed by atoms with Crippen molar-refractivity contribution >= 4 is 15.9 Å². The highest BCUT2D eigenvalue weighted by Crippen LogP contribution is 2.44. The lowest BCUT2D eigenvalue weighted by Gasteiger charge is -2.43. The summed E-state index contributed by atoms with van der Waals surface area (Å²) in [6.07, 6.45) is 3.27. The standard InChI is InChI=1S/C27H37N3O4S/c1-5-20-8-11-22(12-9-20)35(32,33)29-25-19(2)27(3,4)34-24-13-10-21(18-23(24)25)26(31)28-14-17-30-15-6-7-16-30/h8-13,18-19,25,29H,5-7,14-17H2,1-4H3,(H,28,31)/t19-,25-/m0/s1. The van der Waals surface area contributed by atoms with Gasteiger partial charge >= 0.3 is 0 Å². The summed E-state index contributed by atoms with van der Waals surface area (Å²) in [6, 6.07) is 11.7. The van der Waals surface area contributed by atoms with Gasteiger partial charge in [0.1, 0.15) is 11.4 Å². The van der Waals surface area contributed by atoms with Crippen molar-refractivity contribution in [1.82, 2.24) is 14.9 Å². The number of sulfonamides is 1. The number of amides is 1. The minimum atomic E-state index is -3.78. The van der Waals surface area contributed by atoms with Gasteiger partial charge in [-0.05, 0) is 82.1 Å². The lowest BCUT2D eigenvalue weighted by molar-refractivity contribution is 0.0167. The predicted octanol–water partition coefficient (Wildman–Crippen LogP) is 3.90. The summed E-state index contributed by atoms with van der Waals surface area (Å²) in [6.45, 7) is 11.5. The maximum Gasteiger partial charge on any atom is 0.251 e. The molecule has 35 heavy (non-hydrogen) atoms. The first-order valence-electron chi connectivity index (χ1n) is 12.6. The molecule has 1 fully saturated rings. The van der Waals surface area contributed by atoms with Crippen LogP contribution in [-0.4, -0.2) is 51.0 Å². The molecule has 0 saturated carbocycles. The number of hydrogen-bond donors (Lipinski definition) is 2. The van der Waals surface area contributed by atoms with Gasteiger partial charge in [-0.15, -0.1) is 0 Å². The predicted molar refractivity (Wildman–Crippen MR) is 137 cm³/mol. The van der Waals surface area contributed by atoms with Crippen molar-refractivity contribution in [3.8, 4) is 5.75 Å². The quantitative estimate of drug-likeness (QED) is 0.575. The third-order valence-corrected chi connectivity index (χ3v) is 8.87. The zero-order valence-electron chi connectivity index (χ0n) is 21.1. The molecule has 2 aliphatic rings. The molecule has 2 aromatic rings. The van der Waals surface area contributed by atoms with Crippen molar-refractivity contribution in [2.24, 2.45) is 5.92 Å². The second-order valence-corrected chi connectivity index (χ2v) is 11.9. The maximum atomic E-state index is 13.3. The molecule has 0 radical (unpaired) electrons. The van der Waals surface area contributed by atoms with Crippen LogP contribution in [0.4, 0.5) is 0 Å². The Balaban J connectivity index is 1.57. The molecule has 2 aromatic carbocycles. The molecule has 4 rings (SSSR count). The van der Waals surface area contributed by atoms with Gasteiger partial charge in [-0.2, -0.15) is 0 Å². The molecule has 190 valence electrons. The number of aryl methyl sites for hydroxylation is 1. The van der Waals surface area contributed by atoms with Gasteiger partial charge in [0.15, 0.2) is 0 Å². The largest absolute Gasteiger partial charge is 0.487 e. The van der Waals surface area contributed by atoms with Gasteiger partial charge in [0.2, 0.25) is 10.0 Å².